The minimum Gasteiger partial charge on any atom is -0.389 e. The van der Waals surface area contributed by atoms with Gasteiger partial charge < -0.3 is 15.3 Å². The number of likely N-dealkylation sites (tertiary alicyclic amines) is 1. The van der Waals surface area contributed by atoms with Gasteiger partial charge in [0.25, 0.3) is 0 Å². The first kappa shape index (κ1) is 12.9. The van der Waals surface area contributed by atoms with Gasteiger partial charge in [-0.05, 0) is 25.7 Å². The molecule has 19 heavy (non-hydrogen) atoms. The lowest BCUT2D eigenvalue weighted by atomic mass is 9.71. The first-order valence-electron chi connectivity index (χ1n) is 7.39. The molecule has 2 N–H and O–H groups in total. The van der Waals surface area contributed by atoms with Gasteiger partial charge in [-0.15, -0.1) is 0 Å². The van der Waals surface area contributed by atoms with Crippen molar-refractivity contribution in [3.8, 4) is 0 Å². The fourth-order valence-electron chi connectivity index (χ4n) is 3.79. The molecule has 0 aromatic carbocycles. The Hall–Kier alpha value is -1.10. The molecule has 0 spiro atoms. The number of aliphatic hydroxyl groups is 1. The number of rotatable bonds is 1. The summed E-state index contributed by atoms with van der Waals surface area (Å²) < 4.78 is 0. The molecule has 2 unspecified atom stereocenters. The molecular formula is C14H22N2O3. The molecule has 3 rings (SSSR count). The van der Waals surface area contributed by atoms with Crippen LogP contribution in [0, 0.1) is 5.92 Å². The van der Waals surface area contributed by atoms with Gasteiger partial charge in [-0.2, -0.15) is 0 Å². The molecule has 0 radical (unpaired) electrons. The van der Waals surface area contributed by atoms with Crippen LogP contribution >= 0.6 is 0 Å². The lowest BCUT2D eigenvalue weighted by Gasteiger charge is -2.47. The Kier molecular flexibility index (Phi) is 3.25. The molecule has 2 aliphatic heterocycles. The van der Waals surface area contributed by atoms with Gasteiger partial charge in [-0.25, -0.2) is 0 Å². The van der Waals surface area contributed by atoms with Crippen molar-refractivity contribution in [2.75, 3.05) is 13.1 Å². The molecule has 2 heterocycles. The highest BCUT2D eigenvalue weighted by Gasteiger charge is 2.44. The summed E-state index contributed by atoms with van der Waals surface area (Å²) in [7, 11) is 0. The molecule has 1 saturated carbocycles. The highest BCUT2D eigenvalue weighted by atomic mass is 16.3. The Balaban J connectivity index is 1.64. The molecule has 0 bridgehead atoms. The Bertz CT molecular complexity index is 398. The summed E-state index contributed by atoms with van der Waals surface area (Å²) >= 11 is 0. The molecule has 106 valence electrons. The first-order valence-corrected chi connectivity index (χ1v) is 7.39. The van der Waals surface area contributed by atoms with Crippen molar-refractivity contribution in [3.63, 3.8) is 0 Å². The summed E-state index contributed by atoms with van der Waals surface area (Å²) in [6.07, 6.45) is 5.89. The van der Waals surface area contributed by atoms with E-state index in [1.54, 1.807) is 0 Å². The largest absolute Gasteiger partial charge is 0.389 e. The average Bonchev–Trinajstić information content (AvgIpc) is 2.83. The summed E-state index contributed by atoms with van der Waals surface area (Å²) in [5, 5.41) is 13.3. The van der Waals surface area contributed by atoms with Crippen LogP contribution < -0.4 is 5.32 Å². The van der Waals surface area contributed by atoms with Crippen molar-refractivity contribution in [2.24, 2.45) is 5.92 Å². The van der Waals surface area contributed by atoms with Crippen LogP contribution in [0.3, 0.4) is 0 Å². The Morgan fingerprint density at radius 3 is 2.89 bits per heavy atom. The SMILES string of the molecule is O=C1CC[C@H](C(=O)N2CCC3(O)CCCCC3C2)N1. The van der Waals surface area contributed by atoms with Crippen LogP contribution in [-0.4, -0.2) is 46.6 Å². The van der Waals surface area contributed by atoms with E-state index in [0.29, 0.717) is 32.4 Å². The summed E-state index contributed by atoms with van der Waals surface area (Å²) in [5.74, 6) is 0.235. The number of piperidine rings is 1. The zero-order valence-electron chi connectivity index (χ0n) is 11.2. The molecule has 2 amide bonds. The molecule has 3 aliphatic rings. The van der Waals surface area contributed by atoms with Gasteiger partial charge >= 0.3 is 0 Å². The van der Waals surface area contributed by atoms with Gasteiger partial charge in [0.2, 0.25) is 11.8 Å². The van der Waals surface area contributed by atoms with Crippen LogP contribution in [0.1, 0.15) is 44.9 Å². The van der Waals surface area contributed by atoms with Crippen molar-refractivity contribution < 1.29 is 14.7 Å². The van der Waals surface area contributed by atoms with Crippen molar-refractivity contribution in [3.05, 3.63) is 0 Å². The van der Waals surface area contributed by atoms with Crippen LogP contribution in [-0.2, 0) is 9.59 Å². The topological polar surface area (TPSA) is 69.6 Å². The summed E-state index contributed by atoms with van der Waals surface area (Å²) in [6, 6.07) is -0.331. The van der Waals surface area contributed by atoms with Crippen LogP contribution in [0.15, 0.2) is 0 Å². The third-order valence-corrected chi connectivity index (χ3v) is 5.03. The maximum absolute atomic E-state index is 12.4. The number of hydrogen-bond donors (Lipinski definition) is 2. The molecule has 3 fully saturated rings. The van der Waals surface area contributed by atoms with E-state index >= 15 is 0 Å². The second-order valence-electron chi connectivity index (χ2n) is 6.24. The second-order valence-corrected chi connectivity index (χ2v) is 6.24. The van der Waals surface area contributed by atoms with E-state index in [9.17, 15) is 14.7 Å². The maximum atomic E-state index is 12.4. The summed E-state index contributed by atoms with van der Waals surface area (Å²) in [4.78, 5) is 25.4. The second kappa shape index (κ2) is 4.78. The van der Waals surface area contributed by atoms with Gasteiger partial charge in [0.1, 0.15) is 6.04 Å². The molecule has 1 aliphatic carbocycles. The molecule has 0 aromatic rings. The Morgan fingerprint density at radius 2 is 2.16 bits per heavy atom. The zero-order chi connectivity index (χ0) is 13.5. The standard InChI is InChI=1S/C14H22N2O3/c17-12-5-4-11(15-12)13(18)16-8-7-14(19)6-2-1-3-10(14)9-16/h10-11,19H,1-9H2,(H,15,17)/t10?,11-,14?/m1/s1. The number of nitrogens with zero attached hydrogens (tertiary/aromatic N) is 1. The number of nitrogens with one attached hydrogen (secondary N) is 1. The number of carbonyl (C=O) groups excluding carboxylic acids is 2. The highest BCUT2D eigenvalue weighted by Crippen LogP contribution is 2.39. The van der Waals surface area contributed by atoms with Crippen LogP contribution in [0.2, 0.25) is 0 Å². The van der Waals surface area contributed by atoms with Gasteiger partial charge in [0, 0.05) is 25.4 Å². The van der Waals surface area contributed by atoms with Gasteiger partial charge in [0.15, 0.2) is 0 Å². The summed E-state index contributed by atoms with van der Waals surface area (Å²) in [5.41, 5.74) is -0.548. The third kappa shape index (κ3) is 2.36. The fourth-order valence-corrected chi connectivity index (χ4v) is 3.79. The monoisotopic (exact) mass is 266 g/mol. The molecular weight excluding hydrogens is 244 g/mol. The van der Waals surface area contributed by atoms with E-state index < -0.39 is 5.60 Å². The lowest BCUT2D eigenvalue weighted by Crippen LogP contribution is -2.57. The van der Waals surface area contributed by atoms with E-state index in [-0.39, 0.29) is 23.8 Å². The predicted octanol–water partition coefficient (Wildman–Crippen LogP) is 0.419. The Labute approximate surface area is 113 Å². The number of hydrogen-bond acceptors (Lipinski definition) is 3. The molecule has 5 nitrogen and oxygen atoms in total. The minimum atomic E-state index is -0.548. The van der Waals surface area contributed by atoms with Crippen molar-refractivity contribution in [1.29, 1.82) is 0 Å². The molecule has 5 heteroatoms. The van der Waals surface area contributed by atoms with Gasteiger partial charge in [-0.1, -0.05) is 12.8 Å². The lowest BCUT2D eigenvalue weighted by molar-refractivity contribution is -0.145. The number of fused-ring (bicyclic) bond motifs is 1. The van der Waals surface area contributed by atoms with E-state index in [4.69, 9.17) is 0 Å². The molecule has 3 atom stereocenters. The predicted molar refractivity (Wildman–Crippen MR) is 69.3 cm³/mol. The van der Waals surface area contributed by atoms with E-state index in [0.717, 1.165) is 25.7 Å². The van der Waals surface area contributed by atoms with E-state index in [2.05, 4.69) is 5.32 Å². The van der Waals surface area contributed by atoms with Gasteiger partial charge in [-0.3, -0.25) is 9.59 Å². The third-order valence-electron chi connectivity index (χ3n) is 5.03. The number of carbonyl (C=O) groups is 2. The Morgan fingerprint density at radius 1 is 1.32 bits per heavy atom. The maximum Gasteiger partial charge on any atom is 0.245 e. The quantitative estimate of drug-likeness (QED) is 0.722. The molecule has 0 aromatic heterocycles. The summed E-state index contributed by atoms with van der Waals surface area (Å²) in [6.45, 7) is 1.28. The fraction of sp³-hybridized carbons (Fsp3) is 0.857. The van der Waals surface area contributed by atoms with E-state index in [1.165, 1.54) is 0 Å². The number of amides is 2. The minimum absolute atomic E-state index is 0.0236. The molecule has 2 saturated heterocycles. The zero-order valence-corrected chi connectivity index (χ0v) is 11.2. The average molecular weight is 266 g/mol. The van der Waals surface area contributed by atoms with Gasteiger partial charge in [0.05, 0.1) is 5.60 Å². The van der Waals surface area contributed by atoms with Crippen molar-refractivity contribution >= 4 is 11.8 Å². The van der Waals surface area contributed by atoms with Crippen LogP contribution in [0.5, 0.6) is 0 Å². The van der Waals surface area contributed by atoms with Crippen molar-refractivity contribution in [1.82, 2.24) is 10.2 Å². The van der Waals surface area contributed by atoms with Crippen LogP contribution in [0.25, 0.3) is 0 Å². The van der Waals surface area contributed by atoms with E-state index in [1.807, 2.05) is 4.90 Å². The van der Waals surface area contributed by atoms with Crippen molar-refractivity contribution in [2.45, 2.75) is 56.6 Å². The highest BCUT2D eigenvalue weighted by molar-refractivity contribution is 5.90. The first-order chi connectivity index (χ1) is 9.08. The van der Waals surface area contributed by atoms with Crippen LogP contribution in [0.4, 0.5) is 0 Å². The normalized spacial score (nSPS) is 38.8. The smallest absolute Gasteiger partial charge is 0.245 e.